The van der Waals surface area contributed by atoms with Crippen molar-refractivity contribution in [2.75, 3.05) is 73.7 Å². The Hall–Kier alpha value is -5.29. The van der Waals surface area contributed by atoms with Crippen molar-refractivity contribution in [3.8, 4) is 6.01 Å². The molecule has 22 heteroatoms. The van der Waals surface area contributed by atoms with Crippen LogP contribution in [0.15, 0.2) is 24.3 Å². The zero-order valence-electron chi connectivity index (χ0n) is 56.0. The third kappa shape index (κ3) is 40.4. The van der Waals surface area contributed by atoms with Crippen molar-refractivity contribution in [2.24, 2.45) is 17.4 Å². The van der Waals surface area contributed by atoms with E-state index in [0.29, 0.717) is 54.1 Å². The molecule has 2 heterocycles. The fraction of sp³-hybridized carbons (Fsp3) is 0.768. The number of anilines is 3. The Morgan fingerprint density at radius 3 is 1.55 bits per heavy atom. The van der Waals surface area contributed by atoms with Crippen LogP contribution in [0.5, 0.6) is 6.01 Å². The molecule has 1 aromatic carbocycles. The number of hydrogen-bond acceptors (Lipinski definition) is 16. The third-order valence-corrected chi connectivity index (χ3v) is 18.2. The minimum absolute atomic E-state index is 0.0284. The molecule has 0 aliphatic carbocycles. The van der Waals surface area contributed by atoms with E-state index >= 15 is 0 Å². The van der Waals surface area contributed by atoms with E-state index in [1.807, 2.05) is 12.1 Å². The van der Waals surface area contributed by atoms with Crippen molar-refractivity contribution < 1.29 is 39.3 Å². The zero-order chi connectivity index (χ0) is 65.8. The van der Waals surface area contributed by atoms with Gasteiger partial charge in [0.05, 0.1) is 12.6 Å². The average Bonchev–Trinajstić information content (AvgIpc) is 1.80. The number of carboxylic acid groups (broad SMARTS) is 2. The molecule has 0 saturated carbocycles. The van der Waals surface area contributed by atoms with Crippen LogP contribution in [0, 0.1) is 5.92 Å². The molecule has 0 aliphatic heterocycles. The van der Waals surface area contributed by atoms with Crippen molar-refractivity contribution >= 4 is 70.0 Å². The minimum atomic E-state index is -1.03. The van der Waals surface area contributed by atoms with Gasteiger partial charge in [0.25, 0.3) is 6.01 Å². The average molecular weight is 1290 g/mol. The number of hydrogen-bond donors (Lipinski definition) is 12. The van der Waals surface area contributed by atoms with Crippen LogP contribution < -0.4 is 49.1 Å². The molecule has 3 aromatic rings. The number of thioether (sulfide) groups is 1. The van der Waals surface area contributed by atoms with Crippen molar-refractivity contribution in [2.45, 2.75) is 276 Å². The van der Waals surface area contributed by atoms with Crippen LogP contribution in [0.4, 0.5) is 17.5 Å². The van der Waals surface area contributed by atoms with Crippen molar-refractivity contribution in [1.29, 1.82) is 0 Å². The molecule has 91 heavy (non-hydrogen) atoms. The summed E-state index contributed by atoms with van der Waals surface area (Å²) in [6.07, 6.45) is 40.9. The van der Waals surface area contributed by atoms with Gasteiger partial charge in [-0.1, -0.05) is 186 Å². The molecule has 3 atom stereocenters. The summed E-state index contributed by atoms with van der Waals surface area (Å²) in [4.78, 5) is 75.8. The number of aliphatic carboxylic acids is 2. The molecule has 0 bridgehead atoms. The van der Waals surface area contributed by atoms with Crippen molar-refractivity contribution in [3.63, 3.8) is 0 Å². The molecule has 518 valence electrons. The van der Waals surface area contributed by atoms with Crippen LogP contribution in [0.3, 0.4) is 0 Å². The van der Waals surface area contributed by atoms with Gasteiger partial charge in [0, 0.05) is 43.8 Å². The molecule has 0 spiro atoms. The summed E-state index contributed by atoms with van der Waals surface area (Å²) in [5.74, 6) is -0.132. The van der Waals surface area contributed by atoms with Crippen LogP contribution in [0.25, 0.3) is 11.2 Å². The topological polar surface area (TPSA) is 340 Å². The standard InChI is InChI=1S/C69H123N13O8S/c1-2-3-50-76-68-80-64(72)63-65(81-68)82(69(90)79-63)52-55-39-41-57(42-40-55)77-67(89)59(43-44-60(83)75-51-34-49-74-47-32-31-46-73-48-33-45-70)78-66(88)58(71)54-91-53-56(36-28-24-20-16-12-8-6-10-14-18-22-26-30-38-62(86)87)35-27-23-19-15-11-7-4-5-9-13-17-21-25-29-37-61(84)85/h39-42,56,58-59,73-74H,2-38,43-54,70-71H2,1H3,(H,75,83)(H,77,89)(H,78,88)(H,79,90)(H,84,85)(H,86,87)(H3,72,76,80,81)/t56?,58-,59-/m0/s1. The molecule has 15 N–H and O–H groups in total. The maximum absolute atomic E-state index is 14.1. The fourth-order valence-electron chi connectivity index (χ4n) is 11.3. The number of unbranched alkanes of at least 4 members (excludes halogenated alkanes) is 27. The number of fused-ring (bicyclic) bond motifs is 1. The Kier molecular flexibility index (Phi) is 46.7. The van der Waals surface area contributed by atoms with Gasteiger partial charge in [-0.2, -0.15) is 26.7 Å². The Labute approximate surface area is 550 Å². The molecular formula is C69H123N13O8S. The van der Waals surface area contributed by atoms with Crippen LogP contribution in [-0.4, -0.2) is 134 Å². The lowest BCUT2D eigenvalue weighted by molar-refractivity contribution is -0.138. The number of rotatable bonds is 62. The maximum Gasteiger partial charge on any atom is 0.303 e. The van der Waals surface area contributed by atoms with E-state index in [0.717, 1.165) is 127 Å². The number of nitrogens with zero attached hydrogens (tertiary/aromatic N) is 4. The quantitative estimate of drug-likeness (QED) is 0.0234. The minimum Gasteiger partial charge on any atom is -0.481 e. The van der Waals surface area contributed by atoms with Gasteiger partial charge in [-0.3, -0.25) is 28.5 Å². The number of carbonyl (C=O) groups excluding carboxylic acids is 3. The number of nitrogens with two attached hydrogens (primary N) is 3. The Bertz CT molecular complexity index is 2380. The van der Waals surface area contributed by atoms with E-state index in [1.54, 1.807) is 28.5 Å². The number of nitrogen functional groups attached to an aromatic ring is 1. The Balaban J connectivity index is 1.55. The third-order valence-electron chi connectivity index (χ3n) is 16.9. The maximum atomic E-state index is 14.1. The Morgan fingerprint density at radius 2 is 1.04 bits per heavy atom. The number of carbonyl (C=O) groups is 5. The Morgan fingerprint density at radius 1 is 0.549 bits per heavy atom. The largest absolute Gasteiger partial charge is 0.481 e. The van der Waals surface area contributed by atoms with Gasteiger partial charge < -0.3 is 64.4 Å². The second kappa shape index (κ2) is 53.1. The van der Waals surface area contributed by atoms with Gasteiger partial charge >= 0.3 is 11.9 Å². The first-order chi connectivity index (χ1) is 44.3. The van der Waals surface area contributed by atoms with Crippen LogP contribution in [0.1, 0.15) is 263 Å². The number of amides is 3. The summed E-state index contributed by atoms with van der Waals surface area (Å²) in [5, 5.41) is 47.4. The SMILES string of the molecule is CCCCNc1nc(N)c2nc(O)n(Cc3ccc(NC(=O)[C@H](CCC(=O)NCCCNCCCCNCCCN)NC(=O)[C@@H](N)CSCC(CCCCCCCCCCCCCCCCC(=O)O)CCCCCCCCCCCCCCCC(=O)O)cc3)c2n1. The number of nitrogens with one attached hydrogen (secondary N) is 6. The van der Waals surface area contributed by atoms with Gasteiger partial charge in [-0.25, -0.2) is 0 Å². The van der Waals surface area contributed by atoms with Crippen molar-refractivity contribution in [1.82, 2.24) is 40.8 Å². The molecule has 3 rings (SSSR count). The first-order valence-electron chi connectivity index (χ1n) is 35.6. The van der Waals surface area contributed by atoms with E-state index in [9.17, 15) is 29.1 Å². The van der Waals surface area contributed by atoms with E-state index in [1.165, 1.54) is 135 Å². The summed E-state index contributed by atoms with van der Waals surface area (Å²) in [6.45, 7) is 7.74. The van der Waals surface area contributed by atoms with Gasteiger partial charge in [-0.05, 0) is 126 Å². The highest BCUT2D eigenvalue weighted by Gasteiger charge is 2.26. The molecule has 0 aliphatic rings. The predicted octanol–water partition coefficient (Wildman–Crippen LogP) is 12.3. The van der Waals surface area contributed by atoms with Gasteiger partial charge in [0.1, 0.15) is 6.04 Å². The van der Waals surface area contributed by atoms with E-state index in [-0.39, 0.29) is 50.0 Å². The highest BCUT2D eigenvalue weighted by atomic mass is 32.2. The number of imidazole rings is 1. The predicted molar refractivity (Wildman–Crippen MR) is 374 cm³/mol. The highest BCUT2D eigenvalue weighted by molar-refractivity contribution is 7.99. The van der Waals surface area contributed by atoms with Gasteiger partial charge in [0.15, 0.2) is 17.0 Å². The van der Waals surface area contributed by atoms with Crippen LogP contribution in [0.2, 0.25) is 0 Å². The van der Waals surface area contributed by atoms with E-state index < -0.39 is 35.8 Å². The van der Waals surface area contributed by atoms with Gasteiger partial charge in [-0.15, -0.1) is 0 Å². The van der Waals surface area contributed by atoms with Crippen LogP contribution >= 0.6 is 11.8 Å². The number of aromatic hydroxyl groups is 1. The summed E-state index contributed by atoms with van der Waals surface area (Å²) in [5.41, 5.74) is 20.4. The van der Waals surface area contributed by atoms with Crippen LogP contribution in [-0.2, 0) is 30.5 Å². The highest BCUT2D eigenvalue weighted by Crippen LogP contribution is 2.27. The first-order valence-corrected chi connectivity index (χ1v) is 36.8. The van der Waals surface area contributed by atoms with E-state index in [4.69, 9.17) is 27.4 Å². The van der Waals surface area contributed by atoms with E-state index in [2.05, 4.69) is 53.8 Å². The molecule has 0 fully saturated rings. The fourth-order valence-corrected chi connectivity index (χ4v) is 12.5. The molecule has 1 unspecified atom stereocenters. The lowest BCUT2D eigenvalue weighted by Crippen LogP contribution is -2.51. The first kappa shape index (κ1) is 79.9. The molecule has 2 aromatic heterocycles. The molecular weight excluding hydrogens is 1170 g/mol. The molecule has 3 amide bonds. The summed E-state index contributed by atoms with van der Waals surface area (Å²) in [7, 11) is 0. The lowest BCUT2D eigenvalue weighted by Gasteiger charge is -2.22. The second-order valence-corrected chi connectivity index (χ2v) is 26.2. The molecule has 21 nitrogen and oxygen atoms in total. The number of aromatic nitrogens is 4. The monoisotopic (exact) mass is 1290 g/mol. The smallest absolute Gasteiger partial charge is 0.303 e. The lowest BCUT2D eigenvalue weighted by atomic mass is 9.95. The second-order valence-electron chi connectivity index (χ2n) is 25.1. The molecule has 0 radical (unpaired) electrons. The summed E-state index contributed by atoms with van der Waals surface area (Å²) < 4.78 is 1.55. The van der Waals surface area contributed by atoms with Gasteiger partial charge in [0.2, 0.25) is 23.7 Å². The summed E-state index contributed by atoms with van der Waals surface area (Å²) in [6, 6.07) is 4.99. The normalized spacial score (nSPS) is 12.5. The number of benzene rings is 1. The molecule has 0 saturated heterocycles. The van der Waals surface area contributed by atoms with Crippen molar-refractivity contribution in [3.05, 3.63) is 29.8 Å². The summed E-state index contributed by atoms with van der Waals surface area (Å²) >= 11 is 1.72. The zero-order valence-corrected chi connectivity index (χ0v) is 56.8. The number of carboxylic acids is 2.